The molecule has 0 heterocycles. The molecule has 3 nitrogen and oxygen atoms in total. The predicted octanol–water partition coefficient (Wildman–Crippen LogP) is 4.28. The molecule has 112 valence electrons. The van der Waals surface area contributed by atoms with E-state index in [1.807, 2.05) is 49.5 Å². The maximum atomic E-state index is 5.75. The topological polar surface area (TPSA) is 30.5 Å². The van der Waals surface area contributed by atoms with Gasteiger partial charge in [-0.1, -0.05) is 46.3 Å². The first-order valence-corrected chi connectivity index (χ1v) is 7.71. The molecular formula is C17H20BrNO2. The molecule has 0 aromatic heterocycles. The lowest BCUT2D eigenvalue weighted by molar-refractivity contribution is 0.00433. The third-order valence-electron chi connectivity index (χ3n) is 3.28. The van der Waals surface area contributed by atoms with Crippen molar-refractivity contribution in [1.29, 1.82) is 0 Å². The predicted molar refractivity (Wildman–Crippen MR) is 88.3 cm³/mol. The summed E-state index contributed by atoms with van der Waals surface area (Å²) in [5.74, 6) is 0.841. The maximum absolute atomic E-state index is 5.75. The number of benzene rings is 2. The Bertz CT molecular complexity index is 560. The summed E-state index contributed by atoms with van der Waals surface area (Å²) in [4.78, 5) is 0. The number of hydrogen-bond donors (Lipinski definition) is 1. The van der Waals surface area contributed by atoms with Gasteiger partial charge in [0.25, 0.3) is 0 Å². The van der Waals surface area contributed by atoms with Crippen LogP contribution in [0.4, 0.5) is 0 Å². The van der Waals surface area contributed by atoms with Gasteiger partial charge in [0, 0.05) is 16.1 Å². The molecule has 0 amide bonds. The van der Waals surface area contributed by atoms with Gasteiger partial charge in [0.15, 0.2) is 6.79 Å². The summed E-state index contributed by atoms with van der Waals surface area (Å²) >= 11 is 3.49. The lowest BCUT2D eigenvalue weighted by Crippen LogP contribution is -2.14. The minimum absolute atomic E-state index is 0.214. The fraction of sp³-hybridized carbons (Fsp3) is 0.294. The highest BCUT2D eigenvalue weighted by Gasteiger charge is 2.10. The third-order valence-corrected chi connectivity index (χ3v) is 3.77. The van der Waals surface area contributed by atoms with E-state index in [-0.39, 0.29) is 12.8 Å². The SMILES string of the molecule is CNC(C)c1cc(Br)ccc1OCOCc1ccccc1. The zero-order valence-corrected chi connectivity index (χ0v) is 13.9. The highest BCUT2D eigenvalue weighted by Crippen LogP contribution is 2.28. The number of halogens is 1. The van der Waals surface area contributed by atoms with Gasteiger partial charge in [-0.2, -0.15) is 0 Å². The molecule has 2 aromatic carbocycles. The van der Waals surface area contributed by atoms with E-state index < -0.39 is 0 Å². The largest absolute Gasteiger partial charge is 0.467 e. The summed E-state index contributed by atoms with van der Waals surface area (Å²) < 4.78 is 12.4. The lowest BCUT2D eigenvalue weighted by Gasteiger charge is -2.17. The molecule has 0 aliphatic carbocycles. The van der Waals surface area contributed by atoms with Crippen molar-refractivity contribution in [2.75, 3.05) is 13.8 Å². The Hall–Kier alpha value is -1.36. The second-order valence-electron chi connectivity index (χ2n) is 4.79. The summed E-state index contributed by atoms with van der Waals surface area (Å²) in [5, 5.41) is 3.22. The van der Waals surface area contributed by atoms with Crippen LogP contribution in [0.2, 0.25) is 0 Å². The molecule has 4 heteroatoms. The molecule has 21 heavy (non-hydrogen) atoms. The van der Waals surface area contributed by atoms with Gasteiger partial charge in [-0.25, -0.2) is 0 Å². The average Bonchev–Trinajstić information content (AvgIpc) is 2.53. The van der Waals surface area contributed by atoms with Crippen LogP contribution in [0, 0.1) is 0 Å². The van der Waals surface area contributed by atoms with Crippen LogP contribution in [0.15, 0.2) is 53.0 Å². The Kier molecular flexibility index (Phi) is 6.23. The first-order valence-electron chi connectivity index (χ1n) is 6.92. The number of nitrogens with one attached hydrogen (secondary N) is 1. The Morgan fingerprint density at radius 3 is 2.62 bits per heavy atom. The molecule has 0 saturated carbocycles. The van der Waals surface area contributed by atoms with Gasteiger partial charge in [-0.3, -0.25) is 0 Å². The Balaban J connectivity index is 1.91. The normalized spacial score (nSPS) is 12.1. The van der Waals surface area contributed by atoms with E-state index >= 15 is 0 Å². The first kappa shape index (κ1) is 16.0. The van der Waals surface area contributed by atoms with Gasteiger partial charge in [0.05, 0.1) is 6.61 Å². The Morgan fingerprint density at radius 1 is 1.14 bits per heavy atom. The van der Waals surface area contributed by atoms with Gasteiger partial charge in [0.1, 0.15) is 5.75 Å². The first-order chi connectivity index (χ1) is 10.2. The number of ether oxygens (including phenoxy) is 2. The average molecular weight is 350 g/mol. The summed E-state index contributed by atoms with van der Waals surface area (Å²) in [7, 11) is 1.93. The standard InChI is InChI=1S/C17H20BrNO2/c1-13(19-2)16-10-15(18)8-9-17(16)21-12-20-11-14-6-4-3-5-7-14/h3-10,13,19H,11-12H2,1-2H3. The highest BCUT2D eigenvalue weighted by atomic mass is 79.9. The van der Waals surface area contributed by atoms with Gasteiger partial charge in [-0.05, 0) is 37.7 Å². The zero-order chi connectivity index (χ0) is 15.1. The van der Waals surface area contributed by atoms with Crippen LogP contribution in [0.1, 0.15) is 24.1 Å². The smallest absolute Gasteiger partial charge is 0.189 e. The van der Waals surface area contributed by atoms with Crippen molar-refractivity contribution in [1.82, 2.24) is 5.32 Å². The molecule has 0 aliphatic rings. The highest BCUT2D eigenvalue weighted by molar-refractivity contribution is 9.10. The fourth-order valence-corrected chi connectivity index (χ4v) is 2.36. The minimum atomic E-state index is 0.214. The minimum Gasteiger partial charge on any atom is -0.467 e. The lowest BCUT2D eigenvalue weighted by atomic mass is 10.1. The van der Waals surface area contributed by atoms with E-state index in [2.05, 4.69) is 34.2 Å². The molecule has 0 spiro atoms. The van der Waals surface area contributed by atoms with Crippen molar-refractivity contribution in [2.24, 2.45) is 0 Å². The molecule has 0 bridgehead atoms. The molecular weight excluding hydrogens is 330 g/mol. The van der Waals surface area contributed by atoms with E-state index in [0.717, 1.165) is 21.3 Å². The van der Waals surface area contributed by atoms with Crippen molar-refractivity contribution in [3.63, 3.8) is 0 Å². The third kappa shape index (κ3) is 4.84. The second kappa shape index (κ2) is 8.17. The Labute approximate surface area is 134 Å². The van der Waals surface area contributed by atoms with E-state index in [0.29, 0.717) is 6.61 Å². The molecule has 0 radical (unpaired) electrons. The quantitative estimate of drug-likeness (QED) is 0.597. The molecule has 2 aromatic rings. The van der Waals surface area contributed by atoms with Crippen LogP contribution in [-0.4, -0.2) is 13.8 Å². The summed E-state index contributed by atoms with van der Waals surface area (Å²) in [6.07, 6.45) is 0. The van der Waals surface area contributed by atoms with Crippen molar-refractivity contribution < 1.29 is 9.47 Å². The molecule has 1 unspecified atom stereocenters. The molecule has 2 rings (SSSR count). The van der Waals surface area contributed by atoms with Crippen molar-refractivity contribution in [3.05, 3.63) is 64.1 Å². The van der Waals surface area contributed by atoms with Crippen LogP contribution in [0.25, 0.3) is 0 Å². The number of rotatable bonds is 7. The molecule has 1 N–H and O–H groups in total. The van der Waals surface area contributed by atoms with Gasteiger partial charge in [-0.15, -0.1) is 0 Å². The molecule has 0 aliphatic heterocycles. The second-order valence-corrected chi connectivity index (χ2v) is 5.70. The van der Waals surface area contributed by atoms with E-state index in [9.17, 15) is 0 Å². The van der Waals surface area contributed by atoms with E-state index in [4.69, 9.17) is 9.47 Å². The summed E-state index contributed by atoms with van der Waals surface area (Å²) in [6, 6.07) is 16.3. The zero-order valence-electron chi connectivity index (χ0n) is 12.3. The summed E-state index contributed by atoms with van der Waals surface area (Å²) in [6.45, 7) is 2.88. The molecule has 0 saturated heterocycles. The Morgan fingerprint density at radius 2 is 1.90 bits per heavy atom. The van der Waals surface area contributed by atoms with Gasteiger partial charge in [0.2, 0.25) is 0 Å². The van der Waals surface area contributed by atoms with E-state index in [1.54, 1.807) is 0 Å². The van der Waals surface area contributed by atoms with Gasteiger partial charge >= 0.3 is 0 Å². The molecule has 0 fully saturated rings. The van der Waals surface area contributed by atoms with Gasteiger partial charge < -0.3 is 14.8 Å². The van der Waals surface area contributed by atoms with Crippen molar-refractivity contribution in [3.8, 4) is 5.75 Å². The van der Waals surface area contributed by atoms with Crippen molar-refractivity contribution in [2.45, 2.75) is 19.6 Å². The molecule has 1 atom stereocenters. The van der Waals surface area contributed by atoms with Crippen LogP contribution in [0.3, 0.4) is 0 Å². The van der Waals surface area contributed by atoms with Crippen molar-refractivity contribution >= 4 is 15.9 Å². The van der Waals surface area contributed by atoms with Crippen LogP contribution in [0.5, 0.6) is 5.75 Å². The monoisotopic (exact) mass is 349 g/mol. The number of hydrogen-bond acceptors (Lipinski definition) is 3. The van der Waals surface area contributed by atoms with Crippen LogP contribution < -0.4 is 10.1 Å². The maximum Gasteiger partial charge on any atom is 0.189 e. The van der Waals surface area contributed by atoms with Crippen LogP contribution >= 0.6 is 15.9 Å². The summed E-state index contributed by atoms with van der Waals surface area (Å²) in [5.41, 5.74) is 2.25. The fourth-order valence-electron chi connectivity index (χ4n) is 1.98. The van der Waals surface area contributed by atoms with Crippen LogP contribution in [-0.2, 0) is 11.3 Å². The van der Waals surface area contributed by atoms with E-state index in [1.165, 1.54) is 0 Å².